The number of benzene rings is 1. The number of nitrogens with zero attached hydrogens (tertiary/aromatic N) is 2. The largest absolute Gasteiger partial charge is 0.383 e. The first kappa shape index (κ1) is 12.7. The van der Waals surface area contributed by atoms with Crippen molar-refractivity contribution >= 4 is 5.82 Å². The number of nitrogens with two attached hydrogens (primary N) is 1. The molecule has 3 nitrogen and oxygen atoms in total. The van der Waals surface area contributed by atoms with Crippen molar-refractivity contribution in [1.29, 1.82) is 0 Å². The third-order valence-electron chi connectivity index (χ3n) is 3.22. The molecule has 0 spiro atoms. The highest BCUT2D eigenvalue weighted by molar-refractivity contribution is 5.52. The molecule has 0 atom stereocenters. The van der Waals surface area contributed by atoms with Crippen LogP contribution >= 0.6 is 0 Å². The molecule has 2 rings (SSSR count). The molecular formula is C15H21N3. The Balaban J connectivity index is 2.65. The summed E-state index contributed by atoms with van der Waals surface area (Å²) in [6.07, 6.45) is 0. The molecule has 0 bridgehead atoms. The molecule has 0 fully saturated rings. The highest BCUT2D eigenvalue weighted by atomic mass is 15.3. The van der Waals surface area contributed by atoms with Crippen LogP contribution in [0, 0.1) is 13.8 Å². The summed E-state index contributed by atoms with van der Waals surface area (Å²) in [7, 11) is 0. The maximum absolute atomic E-state index is 6.20. The zero-order chi connectivity index (χ0) is 13.5. The van der Waals surface area contributed by atoms with Crippen LogP contribution in [0.3, 0.4) is 0 Å². The average molecular weight is 243 g/mol. The fourth-order valence-corrected chi connectivity index (χ4v) is 2.21. The van der Waals surface area contributed by atoms with Crippen LogP contribution in [0.5, 0.6) is 0 Å². The molecular weight excluding hydrogens is 222 g/mol. The van der Waals surface area contributed by atoms with Crippen LogP contribution in [0.25, 0.3) is 5.69 Å². The lowest BCUT2D eigenvalue weighted by atomic mass is 9.90. The van der Waals surface area contributed by atoms with Crippen LogP contribution in [0.4, 0.5) is 5.82 Å². The van der Waals surface area contributed by atoms with E-state index in [4.69, 9.17) is 10.8 Å². The SMILES string of the molecule is Cc1ccccc1-n1nc(C(C)(C)C)c(C)c1N. The molecule has 1 heterocycles. The fourth-order valence-electron chi connectivity index (χ4n) is 2.21. The molecule has 0 saturated carbocycles. The minimum Gasteiger partial charge on any atom is -0.383 e. The van der Waals surface area contributed by atoms with Gasteiger partial charge in [-0.25, -0.2) is 4.68 Å². The van der Waals surface area contributed by atoms with Crippen molar-refractivity contribution in [3.63, 3.8) is 0 Å². The number of hydrogen-bond acceptors (Lipinski definition) is 2. The van der Waals surface area contributed by atoms with E-state index in [-0.39, 0.29) is 5.41 Å². The lowest BCUT2D eigenvalue weighted by Crippen LogP contribution is -2.14. The van der Waals surface area contributed by atoms with Crippen molar-refractivity contribution < 1.29 is 0 Å². The van der Waals surface area contributed by atoms with E-state index in [9.17, 15) is 0 Å². The summed E-state index contributed by atoms with van der Waals surface area (Å²) < 4.78 is 1.85. The van der Waals surface area contributed by atoms with Gasteiger partial charge < -0.3 is 5.73 Å². The van der Waals surface area contributed by atoms with E-state index in [2.05, 4.69) is 33.8 Å². The molecule has 0 aliphatic rings. The molecule has 0 saturated heterocycles. The van der Waals surface area contributed by atoms with Gasteiger partial charge >= 0.3 is 0 Å². The highest BCUT2D eigenvalue weighted by Crippen LogP contribution is 2.30. The summed E-state index contributed by atoms with van der Waals surface area (Å²) in [5, 5.41) is 4.70. The van der Waals surface area contributed by atoms with Gasteiger partial charge in [0.25, 0.3) is 0 Å². The first-order chi connectivity index (χ1) is 8.32. The van der Waals surface area contributed by atoms with Crippen LogP contribution < -0.4 is 5.73 Å². The number of aryl methyl sites for hydroxylation is 1. The second kappa shape index (κ2) is 4.16. The van der Waals surface area contributed by atoms with Crippen LogP contribution in [-0.4, -0.2) is 9.78 Å². The van der Waals surface area contributed by atoms with Crippen LogP contribution in [-0.2, 0) is 5.41 Å². The van der Waals surface area contributed by atoms with Gasteiger partial charge in [-0.3, -0.25) is 0 Å². The Labute approximate surface area is 109 Å². The zero-order valence-corrected chi connectivity index (χ0v) is 11.8. The number of aromatic nitrogens is 2. The second-order valence-corrected chi connectivity index (χ2v) is 5.81. The molecule has 0 aliphatic heterocycles. The molecule has 0 unspecified atom stereocenters. The van der Waals surface area contributed by atoms with Gasteiger partial charge in [-0.2, -0.15) is 5.10 Å². The number of anilines is 1. The van der Waals surface area contributed by atoms with Crippen LogP contribution in [0.2, 0.25) is 0 Å². The van der Waals surface area contributed by atoms with E-state index < -0.39 is 0 Å². The summed E-state index contributed by atoms with van der Waals surface area (Å²) >= 11 is 0. The number of para-hydroxylation sites is 1. The molecule has 18 heavy (non-hydrogen) atoms. The molecule has 96 valence electrons. The van der Waals surface area contributed by atoms with Gasteiger partial charge in [0.2, 0.25) is 0 Å². The summed E-state index contributed by atoms with van der Waals surface area (Å²) in [5.74, 6) is 0.731. The minimum absolute atomic E-state index is 0.00609. The Bertz CT molecular complexity index is 574. The van der Waals surface area contributed by atoms with Crippen LogP contribution in [0.1, 0.15) is 37.6 Å². The second-order valence-electron chi connectivity index (χ2n) is 5.81. The van der Waals surface area contributed by atoms with Crippen molar-refractivity contribution in [3.05, 3.63) is 41.1 Å². The smallest absolute Gasteiger partial charge is 0.130 e. The highest BCUT2D eigenvalue weighted by Gasteiger charge is 2.23. The van der Waals surface area contributed by atoms with Crippen molar-refractivity contribution in [3.8, 4) is 5.69 Å². The van der Waals surface area contributed by atoms with Gasteiger partial charge in [-0.05, 0) is 25.5 Å². The van der Waals surface area contributed by atoms with E-state index in [0.717, 1.165) is 22.8 Å². The molecule has 2 N–H and O–H groups in total. The number of rotatable bonds is 1. The lowest BCUT2D eigenvalue weighted by Gasteiger charge is -2.16. The van der Waals surface area contributed by atoms with Crippen molar-refractivity contribution in [1.82, 2.24) is 9.78 Å². The topological polar surface area (TPSA) is 43.8 Å². The molecule has 3 heteroatoms. The molecule has 0 radical (unpaired) electrons. The summed E-state index contributed by atoms with van der Waals surface area (Å²) in [6.45, 7) is 10.6. The predicted octanol–water partition coefficient (Wildman–Crippen LogP) is 3.37. The maximum atomic E-state index is 6.20. The van der Waals surface area contributed by atoms with Crippen LogP contribution in [0.15, 0.2) is 24.3 Å². The van der Waals surface area contributed by atoms with Gasteiger partial charge in [0, 0.05) is 11.0 Å². The van der Waals surface area contributed by atoms with Crippen molar-refractivity contribution in [2.45, 2.75) is 40.0 Å². The zero-order valence-electron chi connectivity index (χ0n) is 11.8. The Hall–Kier alpha value is -1.77. The van der Waals surface area contributed by atoms with E-state index in [1.165, 1.54) is 5.56 Å². The Morgan fingerprint density at radius 3 is 2.22 bits per heavy atom. The van der Waals surface area contributed by atoms with E-state index in [1.54, 1.807) is 0 Å². The Morgan fingerprint density at radius 2 is 1.72 bits per heavy atom. The minimum atomic E-state index is 0.00609. The van der Waals surface area contributed by atoms with Gasteiger partial charge in [-0.1, -0.05) is 39.0 Å². The summed E-state index contributed by atoms with van der Waals surface area (Å²) in [5.41, 5.74) is 10.6. The maximum Gasteiger partial charge on any atom is 0.130 e. The van der Waals surface area contributed by atoms with Gasteiger partial charge in [0.1, 0.15) is 5.82 Å². The monoisotopic (exact) mass is 243 g/mol. The predicted molar refractivity (Wildman–Crippen MR) is 76.2 cm³/mol. The third-order valence-corrected chi connectivity index (χ3v) is 3.22. The lowest BCUT2D eigenvalue weighted by molar-refractivity contribution is 0.557. The van der Waals surface area contributed by atoms with Crippen molar-refractivity contribution in [2.24, 2.45) is 0 Å². The molecule has 1 aromatic carbocycles. The normalized spacial score (nSPS) is 11.8. The van der Waals surface area contributed by atoms with Crippen molar-refractivity contribution in [2.75, 3.05) is 5.73 Å². The third kappa shape index (κ3) is 2.01. The average Bonchev–Trinajstić information content (AvgIpc) is 2.57. The van der Waals surface area contributed by atoms with Gasteiger partial charge in [0.05, 0.1) is 11.4 Å². The fraction of sp³-hybridized carbons (Fsp3) is 0.400. The summed E-state index contributed by atoms with van der Waals surface area (Å²) in [4.78, 5) is 0. The molecule has 1 aromatic heterocycles. The molecule has 0 amide bonds. The van der Waals surface area contributed by atoms with E-state index in [0.29, 0.717) is 0 Å². The van der Waals surface area contributed by atoms with Gasteiger partial charge in [0.15, 0.2) is 0 Å². The Kier molecular flexibility index (Phi) is 2.93. The quantitative estimate of drug-likeness (QED) is 0.834. The first-order valence-electron chi connectivity index (χ1n) is 6.24. The van der Waals surface area contributed by atoms with E-state index in [1.807, 2.05) is 29.8 Å². The summed E-state index contributed by atoms with van der Waals surface area (Å²) in [6, 6.07) is 8.15. The Morgan fingerprint density at radius 1 is 1.11 bits per heavy atom. The van der Waals surface area contributed by atoms with Gasteiger partial charge in [-0.15, -0.1) is 0 Å². The molecule has 2 aromatic rings. The standard InChI is InChI=1S/C15H21N3/c1-10-8-6-7-9-12(10)18-14(16)11(2)13(17-18)15(3,4)5/h6-9H,16H2,1-5H3. The molecule has 0 aliphatic carbocycles. The number of nitrogen functional groups attached to an aromatic ring is 1. The number of hydrogen-bond donors (Lipinski definition) is 1. The van der Waals surface area contributed by atoms with E-state index >= 15 is 0 Å². The first-order valence-corrected chi connectivity index (χ1v) is 6.24.